The van der Waals surface area contributed by atoms with Crippen molar-refractivity contribution in [3.05, 3.63) is 59.7 Å². The van der Waals surface area contributed by atoms with Gasteiger partial charge in [-0.1, -0.05) is 5.10 Å². The van der Waals surface area contributed by atoms with Crippen molar-refractivity contribution >= 4 is 11.9 Å². The van der Waals surface area contributed by atoms with Crippen LogP contribution in [-0.4, -0.2) is 22.7 Å². The zero-order valence-corrected chi connectivity index (χ0v) is 14.1. The van der Waals surface area contributed by atoms with Crippen molar-refractivity contribution in [2.24, 2.45) is 0 Å². The van der Waals surface area contributed by atoms with E-state index in [1.165, 1.54) is 0 Å². The van der Waals surface area contributed by atoms with Gasteiger partial charge in [0.2, 0.25) is 5.89 Å². The molecule has 2 aromatic carbocycles. The Labute approximate surface area is 152 Å². The standard InChI is InChI=1S/C18H14F3N3O3/c1-2-26-14-9-5-12(6-10-14)16-23-24-17(27-16)22-15(25)11-3-7-13(8-4-11)18(19,20)21/h3-10H,2H2,1H3,(H,22,24,25). The van der Waals surface area contributed by atoms with Crippen LogP contribution in [0.4, 0.5) is 19.2 Å². The van der Waals surface area contributed by atoms with E-state index in [2.05, 4.69) is 15.5 Å². The Kier molecular flexibility index (Phi) is 5.11. The average molecular weight is 377 g/mol. The van der Waals surface area contributed by atoms with Crippen LogP contribution in [0.5, 0.6) is 5.75 Å². The molecule has 3 aromatic rings. The zero-order valence-electron chi connectivity index (χ0n) is 14.1. The lowest BCUT2D eigenvalue weighted by molar-refractivity contribution is -0.137. The molecule has 9 heteroatoms. The predicted octanol–water partition coefficient (Wildman–Crippen LogP) is 4.41. The van der Waals surface area contributed by atoms with Gasteiger partial charge in [-0.25, -0.2) is 0 Å². The Bertz CT molecular complexity index is 920. The van der Waals surface area contributed by atoms with Gasteiger partial charge in [-0.15, -0.1) is 5.10 Å². The van der Waals surface area contributed by atoms with Crippen LogP contribution >= 0.6 is 0 Å². The van der Waals surface area contributed by atoms with Crippen molar-refractivity contribution in [2.75, 3.05) is 11.9 Å². The highest BCUT2D eigenvalue weighted by atomic mass is 19.4. The number of anilines is 1. The number of hydrogen-bond donors (Lipinski definition) is 1. The third kappa shape index (κ3) is 4.43. The van der Waals surface area contributed by atoms with Crippen LogP contribution < -0.4 is 10.1 Å². The number of aromatic nitrogens is 2. The molecule has 27 heavy (non-hydrogen) atoms. The molecule has 1 amide bonds. The van der Waals surface area contributed by atoms with Gasteiger partial charge in [0.25, 0.3) is 5.91 Å². The number of rotatable bonds is 5. The number of carbonyl (C=O) groups excluding carboxylic acids is 1. The minimum atomic E-state index is -4.46. The van der Waals surface area contributed by atoms with E-state index >= 15 is 0 Å². The van der Waals surface area contributed by atoms with Crippen LogP contribution in [0.25, 0.3) is 11.5 Å². The van der Waals surface area contributed by atoms with Gasteiger partial charge in [-0.05, 0) is 55.5 Å². The van der Waals surface area contributed by atoms with Gasteiger partial charge in [-0.2, -0.15) is 13.2 Å². The Morgan fingerprint density at radius 2 is 1.74 bits per heavy atom. The molecule has 1 heterocycles. The third-order valence-corrected chi connectivity index (χ3v) is 3.53. The third-order valence-electron chi connectivity index (χ3n) is 3.53. The molecule has 1 N–H and O–H groups in total. The van der Waals surface area contributed by atoms with E-state index in [0.29, 0.717) is 17.9 Å². The summed E-state index contributed by atoms with van der Waals surface area (Å²) in [5.74, 6) is 0.211. The first-order valence-corrected chi connectivity index (χ1v) is 7.92. The molecule has 1 aromatic heterocycles. The summed E-state index contributed by atoms with van der Waals surface area (Å²) in [5.41, 5.74) is -0.181. The molecular weight excluding hydrogens is 363 g/mol. The minimum Gasteiger partial charge on any atom is -0.494 e. The van der Waals surface area contributed by atoms with Crippen LogP contribution in [0.2, 0.25) is 0 Å². The Balaban J connectivity index is 1.69. The molecule has 0 fully saturated rings. The Hall–Kier alpha value is -3.36. The lowest BCUT2D eigenvalue weighted by atomic mass is 10.1. The molecule has 140 valence electrons. The number of ether oxygens (including phenoxy) is 1. The number of benzene rings is 2. The second-order valence-corrected chi connectivity index (χ2v) is 5.40. The second-order valence-electron chi connectivity index (χ2n) is 5.40. The molecule has 6 nitrogen and oxygen atoms in total. The van der Waals surface area contributed by atoms with Crippen molar-refractivity contribution in [1.29, 1.82) is 0 Å². The molecule has 0 saturated heterocycles. The zero-order chi connectivity index (χ0) is 19.4. The highest BCUT2D eigenvalue weighted by Crippen LogP contribution is 2.29. The summed E-state index contributed by atoms with van der Waals surface area (Å²) < 4.78 is 48.4. The fourth-order valence-corrected chi connectivity index (χ4v) is 2.23. The number of nitrogens with zero attached hydrogens (tertiary/aromatic N) is 2. The summed E-state index contributed by atoms with van der Waals surface area (Å²) in [4.78, 5) is 12.1. The quantitative estimate of drug-likeness (QED) is 0.713. The van der Waals surface area contributed by atoms with Gasteiger partial charge in [0.1, 0.15) is 5.75 Å². The molecule has 0 aliphatic heterocycles. The average Bonchev–Trinajstić information content (AvgIpc) is 3.10. The van der Waals surface area contributed by atoms with E-state index < -0.39 is 17.6 Å². The maximum atomic E-state index is 12.6. The van der Waals surface area contributed by atoms with Crippen molar-refractivity contribution in [3.8, 4) is 17.2 Å². The molecule has 0 radical (unpaired) electrons. The highest BCUT2D eigenvalue weighted by molar-refractivity contribution is 6.03. The summed E-state index contributed by atoms with van der Waals surface area (Å²) >= 11 is 0. The number of amides is 1. The van der Waals surface area contributed by atoms with Crippen LogP contribution in [0, 0.1) is 0 Å². The van der Waals surface area contributed by atoms with Crippen LogP contribution in [-0.2, 0) is 6.18 Å². The lowest BCUT2D eigenvalue weighted by Gasteiger charge is -2.07. The van der Waals surface area contributed by atoms with E-state index in [-0.39, 0.29) is 17.5 Å². The second kappa shape index (κ2) is 7.48. The van der Waals surface area contributed by atoms with Gasteiger partial charge in [-0.3, -0.25) is 10.1 Å². The minimum absolute atomic E-state index is 0.0313. The van der Waals surface area contributed by atoms with Gasteiger partial charge in [0, 0.05) is 11.1 Å². The fourth-order valence-electron chi connectivity index (χ4n) is 2.23. The normalized spacial score (nSPS) is 11.3. The van der Waals surface area contributed by atoms with E-state index in [0.717, 1.165) is 24.3 Å². The van der Waals surface area contributed by atoms with E-state index in [4.69, 9.17) is 9.15 Å². The first-order valence-electron chi connectivity index (χ1n) is 7.92. The van der Waals surface area contributed by atoms with E-state index in [1.807, 2.05) is 6.92 Å². The summed E-state index contributed by atoms with van der Waals surface area (Å²) in [6.07, 6.45) is -4.46. The number of halogens is 3. The number of carbonyl (C=O) groups is 1. The van der Waals surface area contributed by atoms with Gasteiger partial charge >= 0.3 is 12.2 Å². The van der Waals surface area contributed by atoms with Crippen LogP contribution in [0.3, 0.4) is 0 Å². The molecule has 0 aliphatic rings. The maximum absolute atomic E-state index is 12.6. The molecule has 3 rings (SSSR count). The summed E-state index contributed by atoms with van der Waals surface area (Å²) in [5, 5.41) is 9.90. The monoisotopic (exact) mass is 377 g/mol. The van der Waals surface area contributed by atoms with Crippen LogP contribution in [0.15, 0.2) is 52.9 Å². The molecule has 0 atom stereocenters. The van der Waals surface area contributed by atoms with Crippen molar-refractivity contribution in [1.82, 2.24) is 10.2 Å². The van der Waals surface area contributed by atoms with E-state index in [9.17, 15) is 18.0 Å². The molecule has 0 saturated carbocycles. The lowest BCUT2D eigenvalue weighted by Crippen LogP contribution is -2.13. The Morgan fingerprint density at radius 1 is 1.07 bits per heavy atom. The van der Waals surface area contributed by atoms with Gasteiger partial charge in [0.15, 0.2) is 0 Å². The molecule has 0 spiro atoms. The van der Waals surface area contributed by atoms with Gasteiger partial charge in [0.05, 0.1) is 12.2 Å². The molecule has 0 unspecified atom stereocenters. The smallest absolute Gasteiger partial charge is 0.416 e. The summed E-state index contributed by atoms with van der Waals surface area (Å²) in [7, 11) is 0. The number of hydrogen-bond acceptors (Lipinski definition) is 5. The Morgan fingerprint density at radius 3 is 2.33 bits per heavy atom. The van der Waals surface area contributed by atoms with Crippen molar-refractivity contribution < 1.29 is 27.1 Å². The van der Waals surface area contributed by atoms with Crippen molar-refractivity contribution in [3.63, 3.8) is 0 Å². The number of nitrogens with one attached hydrogen (secondary N) is 1. The first-order chi connectivity index (χ1) is 12.9. The highest BCUT2D eigenvalue weighted by Gasteiger charge is 2.30. The summed E-state index contributed by atoms with van der Waals surface area (Å²) in [6.45, 7) is 2.41. The van der Waals surface area contributed by atoms with Crippen LogP contribution in [0.1, 0.15) is 22.8 Å². The number of alkyl halides is 3. The molecule has 0 aliphatic carbocycles. The largest absolute Gasteiger partial charge is 0.494 e. The SMILES string of the molecule is CCOc1ccc(-c2nnc(NC(=O)c3ccc(C(F)(F)F)cc3)o2)cc1. The topological polar surface area (TPSA) is 77.3 Å². The fraction of sp³-hybridized carbons (Fsp3) is 0.167. The molecule has 0 bridgehead atoms. The van der Waals surface area contributed by atoms with E-state index in [1.54, 1.807) is 24.3 Å². The maximum Gasteiger partial charge on any atom is 0.416 e. The first kappa shape index (κ1) is 18.4. The predicted molar refractivity (Wildman–Crippen MR) is 90.3 cm³/mol. The summed E-state index contributed by atoms with van der Waals surface area (Å²) in [6, 6.07) is 10.6. The van der Waals surface area contributed by atoms with Crippen molar-refractivity contribution in [2.45, 2.75) is 13.1 Å². The van der Waals surface area contributed by atoms with Gasteiger partial charge < -0.3 is 9.15 Å². The molecular formula is C18H14F3N3O3.